The molecule has 0 N–H and O–H groups in total. The maximum Gasteiger partial charge on any atom is 0.183 e. The summed E-state index contributed by atoms with van der Waals surface area (Å²) < 4.78 is 1.81. The summed E-state index contributed by atoms with van der Waals surface area (Å²) in [6, 6.07) is 5.81. The minimum Gasteiger partial charge on any atom is -0.289 e. The number of carbonyl (C=O) groups excluding carboxylic acids is 1. The predicted molar refractivity (Wildman–Crippen MR) is 87.1 cm³/mol. The van der Waals surface area contributed by atoms with Crippen molar-refractivity contribution in [1.29, 1.82) is 0 Å². The van der Waals surface area contributed by atoms with Crippen LogP contribution in [0.25, 0.3) is 0 Å². The molecule has 0 spiro atoms. The van der Waals surface area contributed by atoms with Gasteiger partial charge in [0.1, 0.15) is 0 Å². The van der Waals surface area contributed by atoms with Gasteiger partial charge in [-0.05, 0) is 71.1 Å². The number of hydrogen-bond donors (Lipinski definition) is 0. The van der Waals surface area contributed by atoms with Crippen LogP contribution in [0.5, 0.6) is 0 Å². The molecule has 1 aromatic rings. The Hall–Kier alpha value is 0.877. The third-order valence-corrected chi connectivity index (χ3v) is 5.95. The predicted octanol–water partition coefficient (Wildman–Crippen LogP) is 4.98. The summed E-state index contributed by atoms with van der Waals surface area (Å²) in [6.45, 7) is 0. The van der Waals surface area contributed by atoms with Gasteiger partial charge in [-0.25, -0.2) is 0 Å². The fourth-order valence-corrected chi connectivity index (χ4v) is 5.43. The molecule has 1 aromatic carbocycles. The van der Waals surface area contributed by atoms with Crippen LogP contribution in [0, 0.1) is 0 Å². The molecule has 93 valence electrons. The molecule has 1 aliphatic rings. The van der Waals surface area contributed by atoms with E-state index in [-0.39, 0.29) is 24.4 Å². The molecule has 0 aromatic heterocycles. The second-order valence-electron chi connectivity index (χ2n) is 4.41. The quantitative estimate of drug-likeness (QED) is 0.530. The second-order valence-corrected chi connectivity index (χ2v) is 7.67. The van der Waals surface area contributed by atoms with Crippen LogP contribution in [0.2, 0.25) is 0 Å². The monoisotopic (exact) mass is 383 g/mol. The number of rotatable bonds is 3. The van der Waals surface area contributed by atoms with Gasteiger partial charge in [-0.2, -0.15) is 0 Å². The first kappa shape index (κ1) is 16.9. The van der Waals surface area contributed by atoms with Crippen molar-refractivity contribution in [2.24, 2.45) is 0 Å². The molecule has 1 saturated carbocycles. The van der Waals surface area contributed by atoms with Crippen LogP contribution in [-0.4, -0.2) is 30.0 Å². The van der Waals surface area contributed by atoms with Gasteiger partial charge in [0.2, 0.25) is 0 Å². The topological polar surface area (TPSA) is 17.1 Å². The first-order valence-electron chi connectivity index (χ1n) is 5.93. The van der Waals surface area contributed by atoms with E-state index in [1.54, 1.807) is 0 Å². The standard InChI is InChI=1S/C13H15Br2OP.Li/c14-10-7-4-8-11(15)12(10)13(16)17-9-5-2-1-3-6-9;/h4,7-9,17H,1-3,5-6H2;. The summed E-state index contributed by atoms with van der Waals surface area (Å²) in [5.41, 5.74) is 1.72. The van der Waals surface area contributed by atoms with Gasteiger partial charge >= 0.3 is 0 Å². The summed E-state index contributed by atoms with van der Waals surface area (Å²) in [5, 5.41) is 0. The Labute approximate surface area is 139 Å². The summed E-state index contributed by atoms with van der Waals surface area (Å²) in [5.74, 6) is 0. The van der Waals surface area contributed by atoms with Crippen LogP contribution in [-0.2, 0) is 0 Å². The van der Waals surface area contributed by atoms with Crippen molar-refractivity contribution in [2.75, 3.05) is 0 Å². The second kappa shape index (κ2) is 8.23. The van der Waals surface area contributed by atoms with Gasteiger partial charge in [-0.1, -0.05) is 25.3 Å². The van der Waals surface area contributed by atoms with Crippen molar-refractivity contribution in [3.63, 3.8) is 0 Å². The van der Waals surface area contributed by atoms with Gasteiger partial charge in [0, 0.05) is 27.8 Å². The van der Waals surface area contributed by atoms with Crippen LogP contribution in [0.3, 0.4) is 0 Å². The van der Waals surface area contributed by atoms with Gasteiger partial charge in [-0.3, -0.25) is 4.79 Å². The Balaban J connectivity index is 0.00000162. The maximum atomic E-state index is 12.3. The van der Waals surface area contributed by atoms with E-state index in [0.29, 0.717) is 14.2 Å². The van der Waals surface area contributed by atoms with E-state index in [9.17, 15) is 4.79 Å². The number of benzene rings is 1. The molecule has 0 bridgehead atoms. The SMILES string of the molecule is O=C(PC1CCCCC1)c1c(Br)cccc1Br.[Li]. The zero-order valence-corrected chi connectivity index (χ0v) is 14.7. The fraction of sp³-hybridized carbons (Fsp3) is 0.462. The summed E-state index contributed by atoms with van der Waals surface area (Å²) >= 11 is 6.93. The molecular weight excluding hydrogens is 370 g/mol. The van der Waals surface area contributed by atoms with Crippen LogP contribution >= 0.6 is 40.4 Å². The molecule has 1 atom stereocenters. The van der Waals surface area contributed by atoms with Gasteiger partial charge in [0.25, 0.3) is 0 Å². The van der Waals surface area contributed by atoms with E-state index in [0.717, 1.165) is 14.5 Å². The van der Waals surface area contributed by atoms with Crippen LogP contribution in [0.15, 0.2) is 27.1 Å². The van der Waals surface area contributed by atoms with E-state index in [2.05, 4.69) is 31.9 Å². The summed E-state index contributed by atoms with van der Waals surface area (Å²) in [6.07, 6.45) is 6.39. The van der Waals surface area contributed by atoms with Crippen LogP contribution in [0.1, 0.15) is 42.5 Å². The molecule has 0 heterocycles. The smallest absolute Gasteiger partial charge is 0.183 e. The van der Waals surface area contributed by atoms with Crippen molar-refractivity contribution < 1.29 is 4.79 Å². The Bertz CT molecular complexity index is 399. The molecular formula is C13H15Br2LiOP. The Morgan fingerprint density at radius 3 is 2.22 bits per heavy atom. The zero-order chi connectivity index (χ0) is 12.3. The van der Waals surface area contributed by atoms with E-state index < -0.39 is 0 Å². The maximum absolute atomic E-state index is 12.3. The van der Waals surface area contributed by atoms with E-state index >= 15 is 0 Å². The molecule has 1 aliphatic carbocycles. The minimum absolute atomic E-state index is 0. The molecule has 2 rings (SSSR count). The van der Waals surface area contributed by atoms with Crippen molar-refractivity contribution in [3.05, 3.63) is 32.7 Å². The van der Waals surface area contributed by atoms with Crippen LogP contribution in [0.4, 0.5) is 0 Å². The van der Waals surface area contributed by atoms with Crippen molar-refractivity contribution in [1.82, 2.24) is 0 Å². The Morgan fingerprint density at radius 1 is 1.11 bits per heavy atom. The minimum atomic E-state index is 0. The van der Waals surface area contributed by atoms with Crippen molar-refractivity contribution in [2.45, 2.75) is 37.8 Å². The fourth-order valence-electron chi connectivity index (χ4n) is 2.22. The molecule has 1 fully saturated rings. The summed E-state index contributed by atoms with van der Waals surface area (Å²) in [4.78, 5) is 12.3. The molecule has 0 saturated heterocycles. The normalized spacial score (nSPS) is 16.8. The first-order chi connectivity index (χ1) is 8.18. The van der Waals surface area contributed by atoms with Crippen LogP contribution < -0.4 is 0 Å². The molecule has 1 nitrogen and oxygen atoms in total. The first-order valence-corrected chi connectivity index (χ1v) is 8.59. The number of carbonyl (C=O) groups is 1. The molecule has 0 amide bonds. The van der Waals surface area contributed by atoms with Crippen molar-refractivity contribution >= 4 is 64.8 Å². The number of hydrogen-bond acceptors (Lipinski definition) is 1. The third kappa shape index (κ3) is 4.46. The Kier molecular flexibility index (Phi) is 7.74. The average Bonchev–Trinajstić information content (AvgIpc) is 2.30. The van der Waals surface area contributed by atoms with E-state index in [4.69, 9.17) is 0 Å². The zero-order valence-electron chi connectivity index (χ0n) is 10.5. The van der Waals surface area contributed by atoms with Crippen molar-refractivity contribution in [3.8, 4) is 0 Å². The molecule has 1 unspecified atom stereocenters. The summed E-state index contributed by atoms with van der Waals surface area (Å²) in [7, 11) is 0.427. The number of halogens is 2. The Morgan fingerprint density at radius 2 is 1.67 bits per heavy atom. The van der Waals surface area contributed by atoms with Gasteiger partial charge in [-0.15, -0.1) is 0 Å². The van der Waals surface area contributed by atoms with Gasteiger partial charge in [0.05, 0.1) is 5.56 Å². The van der Waals surface area contributed by atoms with E-state index in [1.807, 2.05) is 18.2 Å². The molecule has 0 aliphatic heterocycles. The van der Waals surface area contributed by atoms with E-state index in [1.165, 1.54) is 32.1 Å². The molecule has 5 heteroatoms. The average molecular weight is 385 g/mol. The largest absolute Gasteiger partial charge is 0.289 e. The molecule has 18 heavy (non-hydrogen) atoms. The van der Waals surface area contributed by atoms with Gasteiger partial charge in [0.15, 0.2) is 5.52 Å². The van der Waals surface area contributed by atoms with Gasteiger partial charge < -0.3 is 0 Å². The molecule has 1 radical (unpaired) electrons. The third-order valence-electron chi connectivity index (χ3n) is 3.13.